The molecule has 140 valence electrons. The van der Waals surface area contributed by atoms with Crippen molar-refractivity contribution in [3.63, 3.8) is 0 Å². The van der Waals surface area contributed by atoms with Gasteiger partial charge in [0, 0.05) is 10.4 Å². The van der Waals surface area contributed by atoms with Crippen molar-refractivity contribution < 1.29 is 9.53 Å². The number of para-hydroxylation sites is 1. The number of hydrazone groups is 1. The maximum Gasteiger partial charge on any atom is 0.280 e. The first-order valence-electron chi connectivity index (χ1n) is 8.75. The van der Waals surface area contributed by atoms with E-state index in [0.717, 1.165) is 20.8 Å². The molecule has 0 aliphatic rings. The van der Waals surface area contributed by atoms with Crippen LogP contribution < -0.4 is 9.75 Å². The molecule has 0 spiro atoms. The molecule has 0 aliphatic carbocycles. The number of hydrogen-bond donors (Lipinski definition) is 0. The molecular weight excluding hydrogens is 390 g/mol. The zero-order valence-corrected chi connectivity index (χ0v) is 16.7. The van der Waals surface area contributed by atoms with Gasteiger partial charge in [0.15, 0.2) is 0 Å². The minimum absolute atomic E-state index is 0.241. The Hall–Kier alpha value is -3.03. The van der Waals surface area contributed by atoms with Crippen LogP contribution in [0.4, 0.5) is 5.13 Å². The van der Waals surface area contributed by atoms with Gasteiger partial charge in [0.1, 0.15) is 5.75 Å². The Bertz CT molecular complexity index is 1070. The summed E-state index contributed by atoms with van der Waals surface area (Å²) in [5.41, 5.74) is 1.37. The highest BCUT2D eigenvalue weighted by atomic mass is 32.1. The molecule has 1 amide bonds. The molecule has 4 aromatic rings. The molecule has 2 aromatic heterocycles. The van der Waals surface area contributed by atoms with Gasteiger partial charge in [-0.15, -0.1) is 11.3 Å². The predicted octanol–water partition coefficient (Wildman–Crippen LogP) is 5.44. The molecule has 0 atom stereocenters. The van der Waals surface area contributed by atoms with Crippen LogP contribution in [0.15, 0.2) is 71.1 Å². The van der Waals surface area contributed by atoms with Crippen LogP contribution in [0.5, 0.6) is 5.75 Å². The summed E-state index contributed by atoms with van der Waals surface area (Å²) in [6.07, 6.45) is 1.68. The highest BCUT2D eigenvalue weighted by Crippen LogP contribution is 2.30. The molecule has 0 aliphatic heterocycles. The Kier molecular flexibility index (Phi) is 5.45. The predicted molar refractivity (Wildman–Crippen MR) is 116 cm³/mol. The van der Waals surface area contributed by atoms with E-state index in [-0.39, 0.29) is 5.91 Å². The zero-order chi connectivity index (χ0) is 19.3. The lowest BCUT2D eigenvalue weighted by atomic mass is 10.2. The third kappa shape index (κ3) is 3.95. The van der Waals surface area contributed by atoms with Crippen molar-refractivity contribution in [3.8, 4) is 5.75 Å². The normalized spacial score (nSPS) is 11.2. The minimum atomic E-state index is -0.241. The standard InChI is InChI=1S/C21H17N3O2S2/c1-2-26-16-11-9-15(10-12-16)20(25)24(22-14-17-6-5-13-27-17)21-23-18-7-3-4-8-19(18)28-21/h3-14H,2H2,1H3/b22-14-. The quantitative estimate of drug-likeness (QED) is 0.316. The monoisotopic (exact) mass is 407 g/mol. The molecule has 7 heteroatoms. The van der Waals surface area contributed by atoms with E-state index < -0.39 is 0 Å². The fourth-order valence-electron chi connectivity index (χ4n) is 2.60. The van der Waals surface area contributed by atoms with E-state index in [1.165, 1.54) is 16.3 Å². The van der Waals surface area contributed by atoms with E-state index in [9.17, 15) is 4.79 Å². The average Bonchev–Trinajstić information content (AvgIpc) is 3.38. The topological polar surface area (TPSA) is 54.8 Å². The fraction of sp³-hybridized carbons (Fsp3) is 0.0952. The Morgan fingerprint density at radius 1 is 1.14 bits per heavy atom. The number of rotatable bonds is 6. The van der Waals surface area contributed by atoms with Gasteiger partial charge in [-0.1, -0.05) is 29.5 Å². The van der Waals surface area contributed by atoms with Gasteiger partial charge in [0.05, 0.1) is 23.0 Å². The molecule has 2 aromatic carbocycles. The summed E-state index contributed by atoms with van der Waals surface area (Å²) < 4.78 is 6.47. The molecule has 0 saturated heterocycles. The van der Waals surface area contributed by atoms with Crippen molar-refractivity contribution in [3.05, 3.63) is 76.5 Å². The number of thiazole rings is 1. The first kappa shape index (κ1) is 18.3. The maximum atomic E-state index is 13.2. The first-order valence-corrected chi connectivity index (χ1v) is 10.4. The third-order valence-electron chi connectivity index (χ3n) is 3.91. The summed E-state index contributed by atoms with van der Waals surface area (Å²) in [5.74, 6) is 0.489. The van der Waals surface area contributed by atoms with Crippen molar-refractivity contribution in [1.82, 2.24) is 4.98 Å². The van der Waals surface area contributed by atoms with Crippen LogP contribution in [0.2, 0.25) is 0 Å². The van der Waals surface area contributed by atoms with Gasteiger partial charge >= 0.3 is 0 Å². The average molecular weight is 408 g/mol. The number of anilines is 1. The van der Waals surface area contributed by atoms with E-state index >= 15 is 0 Å². The van der Waals surface area contributed by atoms with Crippen LogP contribution in [0.1, 0.15) is 22.2 Å². The Labute approximate surface area is 170 Å². The highest BCUT2D eigenvalue weighted by molar-refractivity contribution is 7.22. The van der Waals surface area contributed by atoms with Crippen LogP contribution in [-0.2, 0) is 0 Å². The van der Waals surface area contributed by atoms with Gasteiger partial charge in [-0.3, -0.25) is 4.79 Å². The highest BCUT2D eigenvalue weighted by Gasteiger charge is 2.21. The number of aromatic nitrogens is 1. The summed E-state index contributed by atoms with van der Waals surface area (Å²) in [6, 6.07) is 18.8. The van der Waals surface area contributed by atoms with E-state index in [4.69, 9.17) is 4.74 Å². The number of benzene rings is 2. The second kappa shape index (κ2) is 8.33. The molecule has 0 N–H and O–H groups in total. The largest absolute Gasteiger partial charge is 0.494 e. The number of hydrogen-bond acceptors (Lipinski definition) is 6. The second-order valence-corrected chi connectivity index (χ2v) is 7.79. The molecule has 5 nitrogen and oxygen atoms in total. The summed E-state index contributed by atoms with van der Waals surface area (Å²) in [7, 11) is 0. The number of thiophene rings is 1. The lowest BCUT2D eigenvalue weighted by Gasteiger charge is -2.14. The van der Waals surface area contributed by atoms with E-state index in [2.05, 4.69) is 10.1 Å². The summed E-state index contributed by atoms with van der Waals surface area (Å²) in [6.45, 7) is 2.50. The Morgan fingerprint density at radius 2 is 1.96 bits per heavy atom. The van der Waals surface area contributed by atoms with E-state index in [0.29, 0.717) is 17.3 Å². The molecular formula is C21H17N3O2S2. The molecule has 4 rings (SSSR count). The third-order valence-corrected chi connectivity index (χ3v) is 5.73. The second-order valence-electron chi connectivity index (χ2n) is 5.80. The van der Waals surface area contributed by atoms with Crippen molar-refractivity contribution in [1.29, 1.82) is 0 Å². The zero-order valence-electron chi connectivity index (χ0n) is 15.1. The Morgan fingerprint density at radius 3 is 2.68 bits per heavy atom. The summed E-state index contributed by atoms with van der Waals surface area (Å²) in [4.78, 5) is 18.8. The van der Waals surface area contributed by atoms with Gasteiger partial charge in [0.25, 0.3) is 5.91 Å². The number of nitrogens with zero attached hydrogens (tertiary/aromatic N) is 3. The number of ether oxygens (including phenoxy) is 1. The van der Waals surface area contributed by atoms with Crippen molar-refractivity contribution in [2.45, 2.75) is 6.92 Å². The van der Waals surface area contributed by atoms with Crippen LogP contribution >= 0.6 is 22.7 Å². The van der Waals surface area contributed by atoms with E-state index in [1.807, 2.05) is 48.7 Å². The lowest BCUT2D eigenvalue weighted by Crippen LogP contribution is -2.25. The lowest BCUT2D eigenvalue weighted by molar-refractivity contribution is 0.0988. The van der Waals surface area contributed by atoms with Crippen LogP contribution in [-0.4, -0.2) is 23.7 Å². The number of carbonyl (C=O) groups is 1. The summed E-state index contributed by atoms with van der Waals surface area (Å²) in [5, 5.41) is 8.32. The van der Waals surface area contributed by atoms with Gasteiger partial charge < -0.3 is 4.74 Å². The molecule has 0 fully saturated rings. The van der Waals surface area contributed by atoms with Crippen LogP contribution in [0.25, 0.3) is 10.2 Å². The Balaban J connectivity index is 1.70. The number of amides is 1. The van der Waals surface area contributed by atoms with Crippen molar-refractivity contribution in [2.75, 3.05) is 11.6 Å². The molecule has 0 unspecified atom stereocenters. The van der Waals surface area contributed by atoms with Gasteiger partial charge in [-0.05, 0) is 54.8 Å². The number of carbonyl (C=O) groups excluding carboxylic acids is 1. The number of fused-ring (bicyclic) bond motifs is 1. The van der Waals surface area contributed by atoms with Gasteiger partial charge in [-0.2, -0.15) is 10.1 Å². The maximum absolute atomic E-state index is 13.2. The van der Waals surface area contributed by atoms with Gasteiger partial charge in [-0.25, -0.2) is 4.98 Å². The summed E-state index contributed by atoms with van der Waals surface area (Å²) >= 11 is 3.00. The van der Waals surface area contributed by atoms with Crippen LogP contribution in [0.3, 0.4) is 0 Å². The first-order chi connectivity index (χ1) is 13.7. The fourth-order valence-corrected chi connectivity index (χ4v) is 4.10. The van der Waals surface area contributed by atoms with Crippen molar-refractivity contribution in [2.24, 2.45) is 5.10 Å². The smallest absolute Gasteiger partial charge is 0.280 e. The van der Waals surface area contributed by atoms with Crippen LogP contribution in [0, 0.1) is 0 Å². The van der Waals surface area contributed by atoms with E-state index in [1.54, 1.807) is 41.8 Å². The molecule has 2 heterocycles. The molecule has 0 bridgehead atoms. The molecule has 0 saturated carbocycles. The minimum Gasteiger partial charge on any atom is -0.494 e. The van der Waals surface area contributed by atoms with Gasteiger partial charge in [0.2, 0.25) is 5.13 Å². The van der Waals surface area contributed by atoms with Crippen molar-refractivity contribution >= 4 is 50.1 Å². The molecule has 28 heavy (non-hydrogen) atoms. The molecule has 0 radical (unpaired) electrons. The SMILES string of the molecule is CCOc1ccc(C(=O)N(/N=C\c2cccs2)c2nc3ccccc3s2)cc1.